The first-order valence-corrected chi connectivity index (χ1v) is 9.95. The Morgan fingerprint density at radius 3 is 1.63 bits per heavy atom. The number of aliphatic carboxylic acids is 1. The molecule has 0 aromatic rings. The lowest BCUT2D eigenvalue weighted by molar-refractivity contribution is -0.368. The van der Waals surface area contributed by atoms with E-state index < -0.39 is 17.7 Å². The first kappa shape index (κ1) is 33.5. The van der Waals surface area contributed by atoms with Gasteiger partial charge in [-0.15, -0.1) is 0 Å². The highest BCUT2D eigenvalue weighted by atomic mass is 79.9. The number of carbonyl (C=O) groups excluding carboxylic acids is 2. The number of carboxylic acids is 1. The van der Waals surface area contributed by atoms with Crippen LogP contribution in [0.15, 0.2) is 0 Å². The maximum absolute atomic E-state index is 11.0. The molecule has 4 N–H and O–H groups in total. The van der Waals surface area contributed by atoms with E-state index in [1.165, 1.54) is 12.8 Å². The Labute approximate surface area is 169 Å². The van der Waals surface area contributed by atoms with Gasteiger partial charge in [0.15, 0.2) is 0 Å². The fourth-order valence-corrected chi connectivity index (χ4v) is 0.931. The molecule has 0 heterocycles. The van der Waals surface area contributed by atoms with E-state index in [4.69, 9.17) is 14.6 Å². The van der Waals surface area contributed by atoms with E-state index in [0.717, 1.165) is 24.7 Å². The van der Waals surface area contributed by atoms with Crippen LogP contribution in [-0.4, -0.2) is 42.3 Å². The molecule has 0 atom stereocenters. The largest absolute Gasteiger partial charge is 0.542 e. The Hall–Kier alpha value is -1.03. The van der Waals surface area contributed by atoms with Crippen molar-refractivity contribution in [3.8, 4) is 0 Å². The van der Waals surface area contributed by atoms with Crippen molar-refractivity contribution in [1.82, 2.24) is 5.32 Å². The molecule has 0 bridgehead atoms. The molecule has 0 fully saturated rings. The molecule has 0 radical (unpaired) electrons. The molecule has 166 valence electrons. The first-order chi connectivity index (χ1) is 12.2. The number of carbonyl (C=O) groups is 2. The molecule has 6 nitrogen and oxygen atoms in total. The number of hydrogen-bond donors (Lipinski definition) is 2. The van der Waals surface area contributed by atoms with Crippen LogP contribution in [-0.2, 0) is 9.53 Å². The molecular weight excluding hydrogens is 433 g/mol. The molecule has 0 aromatic carbocycles. The SMILES string of the molecule is CCBr.CCCCNC(=O)OC(C)(C)C.CCCC[NH3+].O=C([O-])C(F)(F)F. The van der Waals surface area contributed by atoms with Crippen LogP contribution >= 0.6 is 15.9 Å². The number of alkyl carbamates (subject to hydrolysis) is 1. The molecule has 0 rings (SSSR count). The van der Waals surface area contributed by atoms with Crippen molar-refractivity contribution < 1.29 is 38.3 Å². The quantitative estimate of drug-likeness (QED) is 0.477. The highest BCUT2D eigenvalue weighted by Gasteiger charge is 2.28. The van der Waals surface area contributed by atoms with Crippen LogP contribution in [0.3, 0.4) is 0 Å². The zero-order valence-corrected chi connectivity index (χ0v) is 18.9. The number of alkyl halides is 4. The minimum atomic E-state index is -5.19. The first-order valence-electron chi connectivity index (χ1n) is 8.83. The molecule has 0 spiro atoms. The lowest BCUT2D eigenvalue weighted by atomic mass is 10.2. The van der Waals surface area contributed by atoms with Gasteiger partial charge < -0.3 is 25.7 Å². The number of ether oxygens (including phenoxy) is 1. The van der Waals surface area contributed by atoms with Gasteiger partial charge in [-0.3, -0.25) is 0 Å². The smallest absolute Gasteiger partial charge is 0.430 e. The van der Waals surface area contributed by atoms with Crippen LogP contribution in [0, 0.1) is 0 Å². The molecule has 0 saturated heterocycles. The Kier molecular flexibility index (Phi) is 26.4. The second kappa shape index (κ2) is 21.3. The summed E-state index contributed by atoms with van der Waals surface area (Å²) in [6, 6.07) is 0. The summed E-state index contributed by atoms with van der Waals surface area (Å²) in [5.74, 6) is -3.01. The number of carboxylic acid groups (broad SMARTS) is 1. The van der Waals surface area contributed by atoms with Gasteiger partial charge in [-0.1, -0.05) is 49.5 Å². The molecule has 1 amide bonds. The monoisotopic (exact) mass is 468 g/mol. The highest BCUT2D eigenvalue weighted by Crippen LogP contribution is 2.11. The van der Waals surface area contributed by atoms with Crippen molar-refractivity contribution in [2.45, 2.75) is 79.0 Å². The number of nitrogens with one attached hydrogen (secondary N) is 1. The van der Waals surface area contributed by atoms with Crippen LogP contribution in [0.4, 0.5) is 18.0 Å². The molecule has 0 aliphatic heterocycles. The van der Waals surface area contributed by atoms with E-state index in [-0.39, 0.29) is 6.09 Å². The number of unbranched alkanes of at least 4 members (excludes halogenated alkanes) is 2. The third-order valence-corrected chi connectivity index (χ3v) is 2.03. The van der Waals surface area contributed by atoms with E-state index in [0.29, 0.717) is 6.54 Å². The number of hydrogen-bond acceptors (Lipinski definition) is 4. The second-order valence-corrected chi connectivity index (χ2v) is 7.16. The Bertz CT molecular complexity index is 348. The van der Waals surface area contributed by atoms with Crippen LogP contribution in [0.1, 0.15) is 67.2 Å². The predicted octanol–water partition coefficient (Wildman–Crippen LogP) is 3.04. The number of quaternary nitrogens is 1. The van der Waals surface area contributed by atoms with Crippen molar-refractivity contribution in [3.63, 3.8) is 0 Å². The van der Waals surface area contributed by atoms with Crippen molar-refractivity contribution in [2.75, 3.05) is 18.4 Å². The van der Waals surface area contributed by atoms with Crippen LogP contribution in [0.2, 0.25) is 0 Å². The predicted molar refractivity (Wildman–Crippen MR) is 102 cm³/mol. The fraction of sp³-hybridized carbons (Fsp3) is 0.882. The third kappa shape index (κ3) is 45.7. The Morgan fingerprint density at radius 2 is 1.44 bits per heavy atom. The summed E-state index contributed by atoms with van der Waals surface area (Å²) in [4.78, 5) is 19.8. The summed E-state index contributed by atoms with van der Waals surface area (Å²) >= 11 is 3.15. The lowest BCUT2D eigenvalue weighted by Crippen LogP contribution is -2.49. The molecular formula is C17H36BrF3N2O4. The van der Waals surface area contributed by atoms with Gasteiger partial charge in [0.05, 0.1) is 6.54 Å². The van der Waals surface area contributed by atoms with E-state index in [1.807, 2.05) is 27.7 Å². The highest BCUT2D eigenvalue weighted by molar-refractivity contribution is 9.09. The number of halogens is 4. The van der Waals surface area contributed by atoms with Crippen molar-refractivity contribution in [1.29, 1.82) is 0 Å². The summed E-state index contributed by atoms with van der Waals surface area (Å²) in [5.41, 5.74) is 3.28. The maximum atomic E-state index is 11.0. The van der Waals surface area contributed by atoms with Crippen LogP contribution in [0.5, 0.6) is 0 Å². The molecule has 0 aliphatic rings. The standard InChI is InChI=1S/C9H19NO2.C4H11N.C2H5Br.C2HF3O2/c1-5-6-7-10-8(11)12-9(2,3)4;1-2-3-4-5;1-2-3;3-2(4,5)1(6)7/h5-7H2,1-4H3,(H,10,11);2-5H2,1H3;2H2,1H3;(H,6,7). The van der Waals surface area contributed by atoms with Crippen LogP contribution in [0.25, 0.3) is 0 Å². The average molecular weight is 469 g/mol. The van der Waals surface area contributed by atoms with E-state index in [9.17, 15) is 18.0 Å². The van der Waals surface area contributed by atoms with E-state index in [1.54, 1.807) is 0 Å². The summed E-state index contributed by atoms with van der Waals surface area (Å²) in [5, 5.41) is 12.5. The minimum absolute atomic E-state index is 0.323. The second-order valence-electron chi connectivity index (χ2n) is 6.04. The van der Waals surface area contributed by atoms with Gasteiger partial charge >= 0.3 is 12.3 Å². The Morgan fingerprint density at radius 1 is 1.07 bits per heavy atom. The fourth-order valence-electron chi connectivity index (χ4n) is 0.931. The third-order valence-electron chi connectivity index (χ3n) is 2.03. The molecule has 0 unspecified atom stereocenters. The van der Waals surface area contributed by atoms with Crippen LogP contribution < -0.4 is 16.2 Å². The van der Waals surface area contributed by atoms with Gasteiger partial charge in [-0.05, 0) is 33.6 Å². The number of rotatable bonds is 5. The molecule has 0 aliphatic carbocycles. The maximum Gasteiger partial charge on any atom is 0.430 e. The summed E-state index contributed by atoms with van der Waals surface area (Å²) in [7, 11) is 0. The molecule has 27 heavy (non-hydrogen) atoms. The summed E-state index contributed by atoms with van der Waals surface area (Å²) in [6.45, 7) is 13.6. The summed E-state index contributed by atoms with van der Waals surface area (Å²) < 4.78 is 36.6. The van der Waals surface area contributed by atoms with Gasteiger partial charge in [0.2, 0.25) is 0 Å². The number of amides is 1. The summed E-state index contributed by atoms with van der Waals surface area (Å²) in [6.07, 6.45) is -0.880. The minimum Gasteiger partial charge on any atom is -0.542 e. The average Bonchev–Trinajstić information content (AvgIpc) is 2.47. The van der Waals surface area contributed by atoms with Crippen molar-refractivity contribution >= 4 is 28.0 Å². The Balaban J connectivity index is -0.000000149. The van der Waals surface area contributed by atoms with E-state index in [2.05, 4.69) is 40.8 Å². The van der Waals surface area contributed by atoms with Gasteiger partial charge in [0, 0.05) is 11.9 Å². The zero-order chi connectivity index (χ0) is 22.5. The van der Waals surface area contributed by atoms with Crippen molar-refractivity contribution in [2.24, 2.45) is 0 Å². The van der Waals surface area contributed by atoms with Gasteiger partial charge in [0.25, 0.3) is 0 Å². The van der Waals surface area contributed by atoms with Crippen molar-refractivity contribution in [3.05, 3.63) is 0 Å². The molecule has 0 saturated carbocycles. The van der Waals surface area contributed by atoms with E-state index >= 15 is 0 Å². The lowest BCUT2D eigenvalue weighted by Gasteiger charge is -2.19. The normalized spacial score (nSPS) is 10.0. The van der Waals surface area contributed by atoms with Gasteiger partial charge in [0.1, 0.15) is 11.6 Å². The molecule has 0 aromatic heterocycles. The van der Waals surface area contributed by atoms with Gasteiger partial charge in [-0.2, -0.15) is 13.2 Å². The molecule has 10 heteroatoms. The topological polar surface area (TPSA) is 106 Å². The zero-order valence-electron chi connectivity index (χ0n) is 17.3. The van der Waals surface area contributed by atoms with Gasteiger partial charge in [-0.25, -0.2) is 4.79 Å².